The summed E-state index contributed by atoms with van der Waals surface area (Å²) in [6.07, 6.45) is 6.55. The maximum absolute atomic E-state index is 15.9. The number of thiophene rings is 2. The lowest BCUT2D eigenvalue weighted by Crippen LogP contribution is -2.00. The summed E-state index contributed by atoms with van der Waals surface area (Å²) in [5, 5.41) is 8.30. The van der Waals surface area contributed by atoms with Crippen LogP contribution in [-0.2, 0) is 23.0 Å². The second kappa shape index (κ2) is 13.3. The predicted molar refractivity (Wildman–Crippen MR) is 203 cm³/mol. The normalized spacial score (nSPS) is 13.9. The first-order chi connectivity index (χ1) is 24.4. The third-order valence-electron chi connectivity index (χ3n) is 8.89. The number of aromatic nitrogens is 3. The Labute approximate surface area is 319 Å². The van der Waals surface area contributed by atoms with E-state index in [0.717, 1.165) is 33.0 Å². The first-order valence-corrected chi connectivity index (χ1v) is 20.2. The van der Waals surface area contributed by atoms with Crippen molar-refractivity contribution in [3.63, 3.8) is 0 Å². The van der Waals surface area contributed by atoms with Gasteiger partial charge in [-0.1, -0.05) is 46.4 Å². The van der Waals surface area contributed by atoms with Gasteiger partial charge in [0.05, 0.1) is 42.6 Å². The van der Waals surface area contributed by atoms with E-state index in [1.165, 1.54) is 18.2 Å². The maximum atomic E-state index is 15.9. The lowest BCUT2D eigenvalue weighted by Gasteiger charge is -2.10. The van der Waals surface area contributed by atoms with Crippen molar-refractivity contribution in [3.05, 3.63) is 126 Å². The van der Waals surface area contributed by atoms with Crippen LogP contribution in [0.3, 0.4) is 0 Å². The van der Waals surface area contributed by atoms with E-state index in [1.54, 1.807) is 63.2 Å². The number of rotatable bonds is 9. The van der Waals surface area contributed by atoms with Crippen molar-refractivity contribution >= 4 is 90.8 Å². The second-order valence-electron chi connectivity index (χ2n) is 12.1. The molecule has 0 aliphatic heterocycles. The quantitative estimate of drug-likeness (QED) is 0.116. The number of halogens is 6. The van der Waals surface area contributed by atoms with Crippen molar-refractivity contribution in [2.24, 2.45) is 0 Å². The Morgan fingerprint density at radius 2 is 1.51 bits per heavy atom. The molecule has 1 N–H and O–H groups in total. The van der Waals surface area contributed by atoms with Crippen LogP contribution in [0.2, 0.25) is 20.1 Å². The standard InChI is InChI=1S/C36H23Cl4F2N3O3S3/c37-20-6-8-29(25(39)15-20)44-17-24(22-13-19-14-31(51(46,47)48)50-36(19)33(22)44)27(41)4-2-1-3-5-28(42)32-23-12-18-10-11-49-35(18)34(23)45(43-32)30-9-7-21(38)16-26(30)40/h4-11,14-17H,1-3,12-13H2,(H,46,47,48). The van der Waals surface area contributed by atoms with E-state index in [-0.39, 0.29) is 16.3 Å². The third-order valence-corrected chi connectivity index (χ3v) is 13.4. The molecule has 0 saturated heterocycles. The van der Waals surface area contributed by atoms with Crippen LogP contribution in [-0.4, -0.2) is 27.3 Å². The molecule has 0 bridgehead atoms. The summed E-state index contributed by atoms with van der Waals surface area (Å²) in [5.41, 5.74) is 6.37. The highest BCUT2D eigenvalue weighted by Crippen LogP contribution is 2.49. The minimum absolute atomic E-state index is 0.187. The summed E-state index contributed by atoms with van der Waals surface area (Å²) in [7, 11) is -4.42. The highest BCUT2D eigenvalue weighted by Gasteiger charge is 2.33. The van der Waals surface area contributed by atoms with Gasteiger partial charge in [-0.25, -0.2) is 13.5 Å². The van der Waals surface area contributed by atoms with Gasteiger partial charge in [-0.05, 0) is 102 Å². The summed E-state index contributed by atoms with van der Waals surface area (Å²) in [5.74, 6) is -0.924. The number of allylic oxidation sites excluding steroid dienone is 2. The fourth-order valence-corrected chi connectivity index (χ4v) is 10.5. The molecule has 4 heterocycles. The van der Waals surface area contributed by atoms with Gasteiger partial charge in [0.2, 0.25) is 0 Å². The molecule has 15 heteroatoms. The minimum Gasteiger partial charge on any atom is -0.313 e. The minimum atomic E-state index is -4.42. The number of hydrogen-bond donors (Lipinski definition) is 1. The molecule has 6 nitrogen and oxygen atoms in total. The van der Waals surface area contributed by atoms with Crippen LogP contribution < -0.4 is 0 Å². The molecule has 0 saturated carbocycles. The van der Waals surface area contributed by atoms with Gasteiger partial charge in [0.1, 0.15) is 21.6 Å². The van der Waals surface area contributed by atoms with Crippen LogP contribution in [0.4, 0.5) is 8.78 Å². The Morgan fingerprint density at radius 3 is 2.20 bits per heavy atom. The van der Waals surface area contributed by atoms with Gasteiger partial charge in [0.15, 0.2) is 0 Å². The highest BCUT2D eigenvalue weighted by atomic mass is 35.5. The average molecular weight is 822 g/mol. The van der Waals surface area contributed by atoms with Crippen molar-refractivity contribution in [2.45, 2.75) is 36.3 Å². The van der Waals surface area contributed by atoms with E-state index in [1.807, 2.05) is 11.4 Å². The summed E-state index contributed by atoms with van der Waals surface area (Å²) >= 11 is 27.8. The Morgan fingerprint density at radius 1 is 0.843 bits per heavy atom. The van der Waals surface area contributed by atoms with E-state index in [0.29, 0.717) is 84.4 Å². The average Bonchev–Trinajstić information content (AvgIpc) is 3.89. The van der Waals surface area contributed by atoms with Gasteiger partial charge in [-0.3, -0.25) is 4.55 Å². The topological polar surface area (TPSA) is 77.1 Å². The Hall–Kier alpha value is -3.26. The molecule has 0 unspecified atom stereocenters. The molecule has 51 heavy (non-hydrogen) atoms. The van der Waals surface area contributed by atoms with Crippen molar-refractivity contribution in [3.8, 4) is 32.5 Å². The smallest absolute Gasteiger partial charge is 0.304 e. The van der Waals surface area contributed by atoms with E-state index < -0.39 is 21.8 Å². The SMILES string of the molecule is O=S(=O)(O)c1cc2c(s1)-c1c(c(C(F)=CCCCC=C(F)c3nn(-c4ccc(Cl)cc4Cl)c4c3Cc3ccsc3-4)cn1-c1ccc(Cl)cc1Cl)C2. The molecule has 2 aliphatic rings. The molecule has 0 amide bonds. The summed E-state index contributed by atoms with van der Waals surface area (Å²) < 4.78 is 68.4. The number of hydrogen-bond acceptors (Lipinski definition) is 5. The zero-order chi connectivity index (χ0) is 35.8. The largest absolute Gasteiger partial charge is 0.313 e. The van der Waals surface area contributed by atoms with E-state index in [2.05, 4.69) is 5.10 Å². The predicted octanol–water partition coefficient (Wildman–Crippen LogP) is 12.3. The highest BCUT2D eigenvalue weighted by molar-refractivity contribution is 7.88. The lowest BCUT2D eigenvalue weighted by molar-refractivity contribution is 0.485. The number of nitrogens with zero attached hydrogens (tertiary/aromatic N) is 3. The number of unbranched alkanes of at least 4 members (excludes halogenated alkanes) is 2. The van der Waals surface area contributed by atoms with Crippen LogP contribution in [0.5, 0.6) is 0 Å². The molecular weight excluding hydrogens is 798 g/mol. The summed E-state index contributed by atoms with van der Waals surface area (Å²) in [6, 6.07) is 13.5. The molecule has 0 radical (unpaired) electrons. The van der Waals surface area contributed by atoms with Crippen molar-refractivity contribution < 1.29 is 21.8 Å². The summed E-state index contributed by atoms with van der Waals surface area (Å²) in [4.78, 5) is 1.63. The maximum Gasteiger partial charge on any atom is 0.304 e. The Balaban J connectivity index is 1.05. The van der Waals surface area contributed by atoms with Gasteiger partial charge in [-0.2, -0.15) is 13.5 Å². The second-order valence-corrected chi connectivity index (χ2v) is 17.4. The third kappa shape index (κ3) is 6.21. The Bertz CT molecular complexity index is 2580. The van der Waals surface area contributed by atoms with Crippen LogP contribution in [0.25, 0.3) is 44.2 Å². The van der Waals surface area contributed by atoms with Crippen molar-refractivity contribution in [1.82, 2.24) is 14.3 Å². The molecule has 4 aromatic heterocycles. The van der Waals surface area contributed by atoms with Crippen molar-refractivity contribution in [1.29, 1.82) is 0 Å². The molecule has 2 aromatic carbocycles. The van der Waals surface area contributed by atoms with Crippen LogP contribution in [0.15, 0.2) is 76.5 Å². The zero-order valence-electron chi connectivity index (χ0n) is 26.1. The molecule has 0 atom stereocenters. The number of benzene rings is 2. The van der Waals surface area contributed by atoms with E-state index in [9.17, 15) is 13.0 Å². The molecular formula is C36H23Cl4F2N3O3S3. The molecule has 260 valence electrons. The Kier molecular flexibility index (Phi) is 9.08. The van der Waals surface area contributed by atoms with E-state index in [4.69, 9.17) is 46.4 Å². The van der Waals surface area contributed by atoms with Crippen LogP contribution in [0, 0.1) is 0 Å². The summed E-state index contributed by atoms with van der Waals surface area (Å²) in [6.45, 7) is 0. The van der Waals surface area contributed by atoms with E-state index >= 15 is 8.78 Å². The monoisotopic (exact) mass is 819 g/mol. The molecule has 0 fully saturated rings. The first-order valence-electron chi connectivity index (χ1n) is 15.6. The van der Waals surface area contributed by atoms with Gasteiger partial charge in [0.25, 0.3) is 0 Å². The number of fused-ring (bicyclic) bond motifs is 6. The van der Waals surface area contributed by atoms with Crippen molar-refractivity contribution in [2.75, 3.05) is 0 Å². The fourth-order valence-electron chi connectivity index (χ4n) is 6.62. The van der Waals surface area contributed by atoms with Crippen LogP contribution >= 0.6 is 69.1 Å². The van der Waals surface area contributed by atoms with Gasteiger partial charge in [-0.15, -0.1) is 22.7 Å². The van der Waals surface area contributed by atoms with Gasteiger partial charge in [0, 0.05) is 40.2 Å². The first kappa shape index (κ1) is 34.8. The molecule has 0 spiro atoms. The zero-order valence-corrected chi connectivity index (χ0v) is 31.5. The molecule has 8 rings (SSSR count). The van der Waals surface area contributed by atoms with Crippen LogP contribution in [0.1, 0.15) is 52.8 Å². The molecule has 6 aromatic rings. The lowest BCUT2D eigenvalue weighted by atomic mass is 10.1. The van der Waals surface area contributed by atoms with Gasteiger partial charge >= 0.3 is 10.1 Å². The molecule has 2 aliphatic carbocycles. The van der Waals surface area contributed by atoms with Gasteiger partial charge < -0.3 is 4.57 Å². The fraction of sp³-hybridized carbons (Fsp3) is 0.139.